The number of halogens is 1. The van der Waals surface area contributed by atoms with Gasteiger partial charge in [0.05, 0.1) is 51.4 Å². The van der Waals surface area contributed by atoms with Gasteiger partial charge in [-0.25, -0.2) is 9.37 Å². The van der Waals surface area contributed by atoms with Gasteiger partial charge >= 0.3 is 0 Å². The lowest BCUT2D eigenvalue weighted by molar-refractivity contribution is 0.255. The Bertz CT molecular complexity index is 1580. The Morgan fingerprint density at radius 3 is 2.51 bits per heavy atom. The molecule has 37 heavy (non-hydrogen) atoms. The molecule has 1 aromatic heterocycles. The van der Waals surface area contributed by atoms with E-state index in [0.717, 1.165) is 76.5 Å². The minimum absolute atomic E-state index is 0.248. The number of likely N-dealkylation sites (tertiary alicyclic amines) is 1. The minimum Gasteiger partial charge on any atom is -0.352 e. The number of aromatic nitrogens is 3. The predicted molar refractivity (Wildman–Crippen MR) is 146 cm³/mol. The molecule has 0 atom stereocenters. The molecule has 2 aromatic carbocycles. The third-order valence-corrected chi connectivity index (χ3v) is 6.98. The number of pyridine rings is 1. The Morgan fingerprint density at radius 1 is 0.973 bits per heavy atom. The second-order valence-corrected chi connectivity index (χ2v) is 9.75. The first-order valence-electron chi connectivity index (χ1n) is 12.7. The highest BCUT2D eigenvalue weighted by Crippen LogP contribution is 2.30. The Hall–Kier alpha value is -4.10. The maximum absolute atomic E-state index is 13.8. The fourth-order valence-electron chi connectivity index (χ4n) is 4.94. The lowest BCUT2D eigenvalue weighted by Crippen LogP contribution is -2.33. The Kier molecular flexibility index (Phi) is 6.14. The normalized spacial score (nSPS) is 15.5. The van der Waals surface area contributed by atoms with Crippen LogP contribution in [0.5, 0.6) is 0 Å². The zero-order valence-electron chi connectivity index (χ0n) is 21.0. The Balaban J connectivity index is 1.59. The van der Waals surface area contributed by atoms with Crippen molar-refractivity contribution in [3.8, 4) is 17.1 Å². The summed E-state index contributed by atoms with van der Waals surface area (Å²) >= 11 is 0. The summed E-state index contributed by atoms with van der Waals surface area (Å²) in [5.74, 6) is -0.261. The highest BCUT2D eigenvalue weighted by Gasteiger charge is 2.19. The summed E-state index contributed by atoms with van der Waals surface area (Å²) in [6.07, 6.45) is 3.88. The van der Waals surface area contributed by atoms with Crippen molar-refractivity contribution in [2.75, 3.05) is 25.5 Å². The molecule has 3 heterocycles. The summed E-state index contributed by atoms with van der Waals surface area (Å²) < 4.78 is 16.0. The molecule has 0 unspecified atom stereocenters. The van der Waals surface area contributed by atoms with Gasteiger partial charge in [-0.05, 0) is 101 Å². The van der Waals surface area contributed by atoms with Gasteiger partial charge < -0.3 is 14.8 Å². The smallest absolute Gasteiger partial charge is 0.123 e. The summed E-state index contributed by atoms with van der Waals surface area (Å²) in [4.78, 5) is 17.0. The second kappa shape index (κ2) is 9.75. The van der Waals surface area contributed by atoms with Gasteiger partial charge in [-0.2, -0.15) is 0 Å². The molecule has 6 rings (SSSR count). The van der Waals surface area contributed by atoms with E-state index in [4.69, 9.17) is 9.98 Å². The van der Waals surface area contributed by atoms with Gasteiger partial charge in [0.2, 0.25) is 0 Å². The first-order chi connectivity index (χ1) is 18.0. The van der Waals surface area contributed by atoms with Crippen LogP contribution in [0.4, 0.5) is 15.8 Å². The van der Waals surface area contributed by atoms with Gasteiger partial charge in [0, 0.05) is 11.4 Å². The zero-order valence-corrected chi connectivity index (χ0v) is 21.0. The van der Waals surface area contributed by atoms with Crippen LogP contribution in [0.3, 0.4) is 0 Å². The highest BCUT2D eigenvalue weighted by atomic mass is 19.1. The monoisotopic (exact) mass is 492 g/mol. The van der Waals surface area contributed by atoms with Crippen molar-refractivity contribution in [2.24, 2.45) is 4.99 Å². The van der Waals surface area contributed by atoms with Crippen molar-refractivity contribution >= 4 is 22.4 Å². The van der Waals surface area contributed by atoms with Crippen molar-refractivity contribution in [3.05, 3.63) is 95.9 Å². The van der Waals surface area contributed by atoms with Gasteiger partial charge in [-0.3, -0.25) is 9.98 Å². The number of benzene rings is 3. The van der Waals surface area contributed by atoms with Crippen LogP contribution in [0.2, 0.25) is 0 Å². The van der Waals surface area contributed by atoms with Crippen LogP contribution < -0.4 is 10.7 Å². The molecule has 0 bridgehead atoms. The molecule has 1 saturated heterocycles. The Labute approximate surface area is 215 Å². The molecule has 0 spiro atoms. The number of hydrogen-bond donors (Lipinski definition) is 1. The molecule has 0 radical (unpaired) electrons. The summed E-state index contributed by atoms with van der Waals surface area (Å²) in [7, 11) is 2.16. The number of aryl methyl sites for hydroxylation is 1. The van der Waals surface area contributed by atoms with Gasteiger partial charge in [-0.15, -0.1) is 0 Å². The van der Waals surface area contributed by atoms with E-state index >= 15 is 0 Å². The number of nitrogens with one attached hydrogen (secondary N) is 1. The number of rotatable bonds is 4. The van der Waals surface area contributed by atoms with E-state index in [1.165, 1.54) is 12.1 Å². The number of fused-ring (bicyclic) bond motifs is 2. The van der Waals surface area contributed by atoms with Crippen LogP contribution in [0, 0.1) is 12.7 Å². The molecule has 1 N–H and O–H groups in total. The lowest BCUT2D eigenvalue weighted by Gasteiger charge is -2.26. The molecule has 3 aliphatic rings. The molecule has 7 heteroatoms. The minimum atomic E-state index is -0.261. The summed E-state index contributed by atoms with van der Waals surface area (Å²) in [5, 5.41) is 4.42. The molecular formula is C30H29FN6. The average molecular weight is 493 g/mol. The van der Waals surface area contributed by atoms with Crippen molar-refractivity contribution in [1.82, 2.24) is 19.4 Å². The van der Waals surface area contributed by atoms with Crippen LogP contribution in [0.1, 0.15) is 18.5 Å². The number of hydrogen-bond acceptors (Lipinski definition) is 5. The van der Waals surface area contributed by atoms with E-state index in [2.05, 4.69) is 38.9 Å². The van der Waals surface area contributed by atoms with Crippen LogP contribution in [-0.2, 0) is 0 Å². The highest BCUT2D eigenvalue weighted by molar-refractivity contribution is 5.84. The molecule has 0 amide bonds. The third kappa shape index (κ3) is 4.82. The van der Waals surface area contributed by atoms with E-state index in [1.807, 2.05) is 49.5 Å². The molecule has 3 aromatic rings. The van der Waals surface area contributed by atoms with Crippen LogP contribution in [-0.4, -0.2) is 45.6 Å². The number of para-hydroxylation sites is 2. The maximum atomic E-state index is 13.8. The van der Waals surface area contributed by atoms with Crippen LogP contribution in [0.15, 0.2) is 84.0 Å². The zero-order chi connectivity index (χ0) is 25.4. The predicted octanol–water partition coefficient (Wildman–Crippen LogP) is 5.71. The SMILES string of the molecule is Cc1ccc(Nc2cc3nc4ccccc4n(-c4ccc(F)cc4)c-3c/c2=N\C2CCN(C)CC2)cn1. The van der Waals surface area contributed by atoms with E-state index in [1.54, 1.807) is 12.1 Å². The van der Waals surface area contributed by atoms with Gasteiger partial charge in [0.1, 0.15) is 5.82 Å². The van der Waals surface area contributed by atoms with E-state index < -0.39 is 0 Å². The van der Waals surface area contributed by atoms with Gasteiger partial charge in [0.15, 0.2) is 0 Å². The quantitative estimate of drug-likeness (QED) is 0.327. The third-order valence-electron chi connectivity index (χ3n) is 6.98. The number of anilines is 2. The van der Waals surface area contributed by atoms with Crippen molar-refractivity contribution in [2.45, 2.75) is 25.8 Å². The number of piperidine rings is 1. The average Bonchev–Trinajstić information content (AvgIpc) is 2.91. The topological polar surface area (TPSA) is 58.3 Å². The Morgan fingerprint density at radius 2 is 1.76 bits per heavy atom. The molecule has 0 saturated carbocycles. The number of nitrogens with zero attached hydrogens (tertiary/aromatic N) is 5. The van der Waals surface area contributed by atoms with Crippen LogP contribution in [0.25, 0.3) is 28.1 Å². The molecule has 6 nitrogen and oxygen atoms in total. The van der Waals surface area contributed by atoms with Crippen molar-refractivity contribution < 1.29 is 4.39 Å². The molecule has 2 aliphatic heterocycles. The lowest BCUT2D eigenvalue weighted by atomic mass is 10.1. The second-order valence-electron chi connectivity index (χ2n) is 9.75. The van der Waals surface area contributed by atoms with Gasteiger partial charge in [0.25, 0.3) is 0 Å². The summed E-state index contributed by atoms with van der Waals surface area (Å²) in [5.41, 5.74) is 7.20. The maximum Gasteiger partial charge on any atom is 0.123 e. The summed E-state index contributed by atoms with van der Waals surface area (Å²) in [6.45, 7) is 4.05. The van der Waals surface area contributed by atoms with E-state index in [-0.39, 0.29) is 11.9 Å². The van der Waals surface area contributed by atoms with E-state index in [0.29, 0.717) is 0 Å². The van der Waals surface area contributed by atoms with E-state index in [9.17, 15) is 4.39 Å². The van der Waals surface area contributed by atoms with Crippen molar-refractivity contribution in [3.63, 3.8) is 0 Å². The first-order valence-corrected chi connectivity index (χ1v) is 12.7. The largest absolute Gasteiger partial charge is 0.352 e. The van der Waals surface area contributed by atoms with Crippen LogP contribution >= 0.6 is 0 Å². The molecule has 1 fully saturated rings. The molecule has 186 valence electrons. The molecular weight excluding hydrogens is 463 g/mol. The summed E-state index contributed by atoms with van der Waals surface area (Å²) in [6, 6.07) is 23.1. The first kappa shape index (κ1) is 23.3. The molecule has 1 aliphatic carbocycles. The standard InChI is InChI=1S/C30H29FN6/c1-20-7-10-23(19-32-20)34-26-17-28-30(18-27(26)33-22-13-15-36(2)16-14-22)37(24-11-8-21(31)9-12-24)29-6-4-3-5-25(29)35-28/h3-12,17-19,22,34H,13-16H2,1-2H3/b33-27+. The fraction of sp³-hybridized carbons (Fsp3) is 0.233. The van der Waals surface area contributed by atoms with Gasteiger partial charge in [-0.1, -0.05) is 12.1 Å². The van der Waals surface area contributed by atoms with Crippen molar-refractivity contribution in [1.29, 1.82) is 0 Å². The fourth-order valence-corrected chi connectivity index (χ4v) is 4.94.